The predicted octanol–water partition coefficient (Wildman–Crippen LogP) is 2.81. The molecule has 0 radical (unpaired) electrons. The molecule has 24 heavy (non-hydrogen) atoms. The van der Waals surface area contributed by atoms with E-state index >= 15 is 0 Å². The van der Waals surface area contributed by atoms with Gasteiger partial charge in [-0.3, -0.25) is 5.01 Å². The summed E-state index contributed by atoms with van der Waals surface area (Å²) < 4.78 is 0.585. The maximum atomic E-state index is 10.9. The lowest BCUT2D eigenvalue weighted by Crippen LogP contribution is -2.41. The molecule has 8 nitrogen and oxygen atoms in total. The molecule has 0 spiro atoms. The Balaban J connectivity index is 2.30. The number of rotatable bonds is 5. The van der Waals surface area contributed by atoms with E-state index in [4.69, 9.17) is 10.2 Å². The Bertz CT molecular complexity index is 550. The maximum absolute atomic E-state index is 10.9. The molecular weight excluding hydrogens is 427 g/mol. The molecule has 1 atom stereocenters. The van der Waals surface area contributed by atoms with E-state index in [2.05, 4.69) is 38.3 Å². The molecule has 0 aromatic carbocycles. The summed E-state index contributed by atoms with van der Waals surface area (Å²) in [5.74, 6) is 0.0990. The van der Waals surface area contributed by atoms with Gasteiger partial charge in [0.1, 0.15) is 0 Å². The Hall–Kier alpha value is -1.52. The number of alkyl halides is 1. The lowest BCUT2D eigenvalue weighted by Gasteiger charge is -2.36. The number of halogens is 1. The van der Waals surface area contributed by atoms with E-state index in [1.165, 1.54) is 18.4 Å². The van der Waals surface area contributed by atoms with Crippen LogP contribution in [0.3, 0.4) is 0 Å². The zero-order valence-electron chi connectivity index (χ0n) is 13.4. The molecule has 0 saturated heterocycles. The molecule has 9 heteroatoms. The van der Waals surface area contributed by atoms with E-state index < -0.39 is 12.2 Å². The van der Waals surface area contributed by atoms with Gasteiger partial charge in [0.15, 0.2) is 0 Å². The van der Waals surface area contributed by atoms with Crippen molar-refractivity contribution in [2.45, 2.75) is 38.5 Å². The molecule has 1 fully saturated rings. The van der Waals surface area contributed by atoms with Crippen molar-refractivity contribution in [3.63, 3.8) is 0 Å². The summed E-state index contributed by atoms with van der Waals surface area (Å²) >= 11 is 2.18. The summed E-state index contributed by atoms with van der Waals surface area (Å²) in [5, 5.41) is 29.1. The molecule has 1 saturated carbocycles. The van der Waals surface area contributed by atoms with E-state index in [9.17, 15) is 9.59 Å². The van der Waals surface area contributed by atoms with E-state index in [0.717, 1.165) is 37.1 Å². The van der Waals surface area contributed by atoms with Crippen LogP contribution < -0.4 is 10.6 Å². The summed E-state index contributed by atoms with van der Waals surface area (Å²) in [6, 6.07) is 0. The van der Waals surface area contributed by atoms with Gasteiger partial charge in [0, 0.05) is 5.92 Å². The van der Waals surface area contributed by atoms with Crippen LogP contribution in [0.15, 0.2) is 16.4 Å². The molecule has 2 amide bonds. The van der Waals surface area contributed by atoms with E-state index in [-0.39, 0.29) is 19.0 Å². The standard InChI is InChI=1S/C15H23IN4O4/c16-9-20-13(8-18-15(23)24)11-6-4-2-1-3-5-10(11)12(19-20)7-17-14(21)22/h10,17-18H,1-9H2,(H,21,22)(H,23,24). The second kappa shape index (κ2) is 9.09. The highest BCUT2D eigenvalue weighted by Gasteiger charge is 2.31. The fourth-order valence-electron chi connectivity index (χ4n) is 3.32. The van der Waals surface area contributed by atoms with Gasteiger partial charge in [-0.1, -0.05) is 41.9 Å². The number of nitrogens with zero attached hydrogens (tertiary/aromatic N) is 2. The first-order chi connectivity index (χ1) is 11.5. The summed E-state index contributed by atoms with van der Waals surface area (Å²) in [6.45, 7) is 0.434. The number of hydrogen-bond acceptors (Lipinski definition) is 4. The third-order valence-corrected chi connectivity index (χ3v) is 5.03. The Kier molecular flexibility index (Phi) is 7.13. The first-order valence-electron chi connectivity index (χ1n) is 8.09. The molecule has 1 heterocycles. The third kappa shape index (κ3) is 4.99. The molecule has 0 aromatic rings. The molecule has 2 rings (SSSR count). The Morgan fingerprint density at radius 1 is 1.12 bits per heavy atom. The van der Waals surface area contributed by atoms with Crippen LogP contribution in [-0.2, 0) is 0 Å². The number of hydrazone groups is 1. The van der Waals surface area contributed by atoms with Gasteiger partial charge in [0.2, 0.25) is 0 Å². The van der Waals surface area contributed by atoms with E-state index in [1.54, 1.807) is 5.01 Å². The van der Waals surface area contributed by atoms with Crippen molar-refractivity contribution in [3.05, 3.63) is 11.3 Å². The van der Waals surface area contributed by atoms with Crippen molar-refractivity contribution in [2.75, 3.05) is 17.6 Å². The van der Waals surface area contributed by atoms with Crippen molar-refractivity contribution in [1.82, 2.24) is 15.6 Å². The molecular formula is C15H23IN4O4. The van der Waals surface area contributed by atoms with Crippen molar-refractivity contribution in [1.29, 1.82) is 0 Å². The molecule has 134 valence electrons. The van der Waals surface area contributed by atoms with Gasteiger partial charge < -0.3 is 20.8 Å². The molecule has 1 aliphatic heterocycles. The number of fused-ring (bicyclic) bond motifs is 1. The monoisotopic (exact) mass is 450 g/mol. The third-order valence-electron chi connectivity index (χ3n) is 4.38. The smallest absolute Gasteiger partial charge is 0.404 e. The average Bonchev–Trinajstić information content (AvgIpc) is 2.51. The largest absolute Gasteiger partial charge is 0.465 e. The quantitative estimate of drug-likeness (QED) is 0.292. The fraction of sp³-hybridized carbons (Fsp3) is 0.667. The van der Waals surface area contributed by atoms with Crippen molar-refractivity contribution < 1.29 is 19.8 Å². The van der Waals surface area contributed by atoms with Crippen molar-refractivity contribution in [2.24, 2.45) is 11.0 Å². The fourth-order valence-corrected chi connectivity index (χ4v) is 3.88. The summed E-state index contributed by atoms with van der Waals surface area (Å²) in [5.41, 5.74) is 2.94. The van der Waals surface area contributed by atoms with Gasteiger partial charge in [-0.25, -0.2) is 9.59 Å². The van der Waals surface area contributed by atoms with Gasteiger partial charge in [-0.15, -0.1) is 0 Å². The normalized spacial score (nSPS) is 21.3. The SMILES string of the molecule is O=C(O)NCC1=NN(CI)C(CNC(=O)O)=C2CCCCCCC12. The maximum Gasteiger partial charge on any atom is 0.404 e. The van der Waals surface area contributed by atoms with Crippen molar-refractivity contribution in [3.8, 4) is 0 Å². The van der Waals surface area contributed by atoms with Crippen LogP contribution >= 0.6 is 22.6 Å². The number of carboxylic acid groups (broad SMARTS) is 2. The Morgan fingerprint density at radius 2 is 1.79 bits per heavy atom. The van der Waals surface area contributed by atoms with Crippen LogP contribution in [0, 0.1) is 5.92 Å². The number of amides is 2. The number of hydrogen-bond donors (Lipinski definition) is 4. The lowest BCUT2D eigenvalue weighted by molar-refractivity contribution is 0.193. The molecule has 0 bridgehead atoms. The van der Waals surface area contributed by atoms with E-state index in [1.807, 2.05) is 0 Å². The molecule has 1 aliphatic carbocycles. The summed E-state index contributed by atoms with van der Waals surface area (Å²) in [7, 11) is 0. The molecule has 1 unspecified atom stereocenters. The second-order valence-corrected chi connectivity index (χ2v) is 6.59. The van der Waals surface area contributed by atoms with Crippen LogP contribution in [0.4, 0.5) is 9.59 Å². The first kappa shape index (κ1) is 18.8. The highest BCUT2D eigenvalue weighted by Crippen LogP contribution is 2.35. The van der Waals surface area contributed by atoms with Gasteiger partial charge in [0.05, 0.1) is 29.0 Å². The number of nitrogens with one attached hydrogen (secondary N) is 2. The van der Waals surface area contributed by atoms with Crippen LogP contribution in [0.1, 0.15) is 38.5 Å². The highest BCUT2D eigenvalue weighted by molar-refractivity contribution is 14.1. The average molecular weight is 450 g/mol. The van der Waals surface area contributed by atoms with Gasteiger partial charge >= 0.3 is 12.2 Å². The summed E-state index contributed by atoms with van der Waals surface area (Å²) in [4.78, 5) is 21.7. The van der Waals surface area contributed by atoms with E-state index in [0.29, 0.717) is 4.55 Å². The number of allylic oxidation sites excluding steroid dienone is 1. The zero-order chi connectivity index (χ0) is 17.5. The van der Waals surface area contributed by atoms with Crippen LogP contribution in [0.25, 0.3) is 0 Å². The second-order valence-electron chi connectivity index (χ2n) is 5.91. The van der Waals surface area contributed by atoms with Gasteiger partial charge in [-0.05, 0) is 24.8 Å². The summed E-state index contributed by atoms with van der Waals surface area (Å²) in [6.07, 6.45) is 4.19. The molecule has 0 aromatic heterocycles. The Labute approximate surface area is 154 Å². The number of carbonyl (C=O) groups is 2. The minimum atomic E-state index is -1.06. The zero-order valence-corrected chi connectivity index (χ0v) is 15.6. The van der Waals surface area contributed by atoms with Crippen LogP contribution in [-0.4, -0.2) is 50.8 Å². The van der Waals surface area contributed by atoms with Gasteiger partial charge in [0.25, 0.3) is 0 Å². The Morgan fingerprint density at radius 3 is 2.46 bits per heavy atom. The van der Waals surface area contributed by atoms with Crippen LogP contribution in [0.2, 0.25) is 0 Å². The topological polar surface area (TPSA) is 114 Å². The predicted molar refractivity (Wildman–Crippen MR) is 98.4 cm³/mol. The molecule has 2 aliphatic rings. The minimum absolute atomic E-state index is 0.0990. The van der Waals surface area contributed by atoms with Gasteiger partial charge in [-0.2, -0.15) is 5.10 Å². The minimum Gasteiger partial charge on any atom is -0.465 e. The molecule has 4 N–H and O–H groups in total. The highest BCUT2D eigenvalue weighted by atomic mass is 127. The first-order valence-corrected chi connectivity index (χ1v) is 9.62. The van der Waals surface area contributed by atoms with Crippen molar-refractivity contribution >= 4 is 40.5 Å². The lowest BCUT2D eigenvalue weighted by atomic mass is 9.81. The van der Waals surface area contributed by atoms with Crippen LogP contribution in [0.5, 0.6) is 0 Å².